The van der Waals surface area contributed by atoms with Crippen molar-refractivity contribution in [1.29, 1.82) is 0 Å². The Morgan fingerprint density at radius 2 is 1.82 bits per heavy atom. The van der Waals surface area contributed by atoms with Crippen LogP contribution in [0, 0.1) is 0 Å². The molecule has 0 aromatic heterocycles. The summed E-state index contributed by atoms with van der Waals surface area (Å²) in [5, 5.41) is 1.30. The second-order valence-electron chi connectivity index (χ2n) is 3.65. The van der Waals surface area contributed by atoms with Gasteiger partial charge in [-0.2, -0.15) is 12.6 Å². The molecular formula is C12H20O3SSi. The highest BCUT2D eigenvalue weighted by molar-refractivity contribution is 7.80. The fraction of sp³-hybridized carbons (Fsp3) is 0.500. The number of thiol groups is 1. The van der Waals surface area contributed by atoms with E-state index < -0.39 is 9.04 Å². The van der Waals surface area contributed by atoms with E-state index in [0.29, 0.717) is 6.61 Å². The van der Waals surface area contributed by atoms with Crippen LogP contribution in [0.2, 0.25) is 6.04 Å². The Balaban J connectivity index is 2.55. The van der Waals surface area contributed by atoms with Gasteiger partial charge in [0.15, 0.2) is 6.29 Å². The van der Waals surface area contributed by atoms with Crippen LogP contribution >= 0.6 is 12.6 Å². The van der Waals surface area contributed by atoms with E-state index in [0.717, 1.165) is 11.8 Å². The predicted octanol–water partition coefficient (Wildman–Crippen LogP) is 1.18. The van der Waals surface area contributed by atoms with E-state index in [2.05, 4.69) is 24.8 Å². The van der Waals surface area contributed by atoms with Gasteiger partial charge in [-0.1, -0.05) is 30.3 Å². The monoisotopic (exact) mass is 272 g/mol. The molecule has 0 aliphatic rings. The lowest BCUT2D eigenvalue weighted by molar-refractivity contribution is -0.122. The average molecular weight is 272 g/mol. The fourth-order valence-corrected chi connectivity index (χ4v) is 4.23. The van der Waals surface area contributed by atoms with Gasteiger partial charge < -0.3 is 13.9 Å². The van der Waals surface area contributed by atoms with E-state index in [1.807, 2.05) is 18.2 Å². The molecule has 0 bridgehead atoms. The maximum absolute atomic E-state index is 5.95. The lowest BCUT2D eigenvalue weighted by Gasteiger charge is -2.19. The van der Waals surface area contributed by atoms with Crippen LogP contribution < -0.4 is 5.19 Å². The first-order valence-electron chi connectivity index (χ1n) is 5.64. The van der Waals surface area contributed by atoms with Crippen LogP contribution in [0.3, 0.4) is 0 Å². The summed E-state index contributed by atoms with van der Waals surface area (Å²) >= 11 is 4.29. The third kappa shape index (κ3) is 5.22. The SMILES string of the molecule is COC(CO[SiH](CCS)c1ccccc1)OC. The smallest absolute Gasteiger partial charge is 0.209 e. The lowest BCUT2D eigenvalue weighted by Crippen LogP contribution is -2.37. The first kappa shape index (κ1) is 14.7. The Hall–Kier alpha value is -0.333. The summed E-state index contributed by atoms with van der Waals surface area (Å²) in [5.41, 5.74) is 0. The quantitative estimate of drug-likeness (QED) is 0.437. The van der Waals surface area contributed by atoms with Crippen molar-refractivity contribution >= 4 is 26.9 Å². The molecule has 0 aliphatic heterocycles. The van der Waals surface area contributed by atoms with E-state index in [1.54, 1.807) is 14.2 Å². The molecule has 0 saturated carbocycles. The van der Waals surface area contributed by atoms with Gasteiger partial charge in [-0.05, 0) is 17.0 Å². The van der Waals surface area contributed by atoms with Crippen LogP contribution in [0.1, 0.15) is 0 Å². The highest BCUT2D eigenvalue weighted by atomic mass is 32.1. The zero-order valence-electron chi connectivity index (χ0n) is 10.3. The summed E-state index contributed by atoms with van der Waals surface area (Å²) in [6.07, 6.45) is -0.284. The van der Waals surface area contributed by atoms with Gasteiger partial charge in [0, 0.05) is 14.2 Å². The number of rotatable bonds is 8. The average Bonchev–Trinajstić information content (AvgIpc) is 2.39. The molecule has 0 spiro atoms. The minimum absolute atomic E-state index is 0.284. The summed E-state index contributed by atoms with van der Waals surface area (Å²) in [6, 6.07) is 11.3. The zero-order valence-corrected chi connectivity index (χ0v) is 12.4. The molecular weight excluding hydrogens is 252 g/mol. The van der Waals surface area contributed by atoms with Crippen LogP contribution in [0.5, 0.6) is 0 Å². The summed E-state index contributed by atoms with van der Waals surface area (Å²) < 4.78 is 16.2. The number of methoxy groups -OCH3 is 2. The van der Waals surface area contributed by atoms with E-state index in [4.69, 9.17) is 13.9 Å². The van der Waals surface area contributed by atoms with Crippen molar-refractivity contribution in [3.8, 4) is 0 Å². The lowest BCUT2D eigenvalue weighted by atomic mass is 10.4. The van der Waals surface area contributed by atoms with Crippen molar-refractivity contribution in [1.82, 2.24) is 0 Å². The van der Waals surface area contributed by atoms with Crippen LogP contribution in [0.4, 0.5) is 0 Å². The Kier molecular flexibility index (Phi) is 7.55. The van der Waals surface area contributed by atoms with Gasteiger partial charge in [0.1, 0.15) is 0 Å². The molecule has 0 saturated heterocycles. The van der Waals surface area contributed by atoms with Crippen molar-refractivity contribution in [2.75, 3.05) is 26.6 Å². The fourth-order valence-electron chi connectivity index (χ4n) is 1.56. The van der Waals surface area contributed by atoms with E-state index in [9.17, 15) is 0 Å². The molecule has 96 valence electrons. The summed E-state index contributed by atoms with van der Waals surface area (Å²) in [5.74, 6) is 0.844. The molecule has 5 heteroatoms. The van der Waals surface area contributed by atoms with Gasteiger partial charge in [0.05, 0.1) is 6.61 Å². The molecule has 1 aromatic carbocycles. The molecule has 0 N–H and O–H groups in total. The zero-order chi connectivity index (χ0) is 12.5. The normalized spacial score (nSPS) is 12.9. The molecule has 17 heavy (non-hydrogen) atoms. The molecule has 1 unspecified atom stereocenters. The van der Waals surface area contributed by atoms with Gasteiger partial charge >= 0.3 is 0 Å². The number of benzene rings is 1. The Morgan fingerprint density at radius 1 is 1.18 bits per heavy atom. The molecule has 0 radical (unpaired) electrons. The van der Waals surface area contributed by atoms with Crippen molar-refractivity contribution in [2.45, 2.75) is 12.3 Å². The van der Waals surface area contributed by atoms with Gasteiger partial charge in [0.2, 0.25) is 9.04 Å². The first-order chi connectivity index (χ1) is 8.31. The molecule has 0 heterocycles. The molecule has 1 aromatic rings. The third-order valence-electron chi connectivity index (χ3n) is 2.52. The van der Waals surface area contributed by atoms with Crippen LogP contribution in [0.25, 0.3) is 0 Å². The summed E-state index contributed by atoms with van der Waals surface area (Å²) in [6.45, 7) is 0.479. The standard InChI is InChI=1S/C12H20O3SSi/c1-13-12(14-2)10-15-17(9-8-16)11-6-4-3-5-7-11/h3-7,12,16-17H,8-10H2,1-2H3. The maximum atomic E-state index is 5.95. The molecule has 1 atom stereocenters. The van der Waals surface area contributed by atoms with Gasteiger partial charge in [-0.3, -0.25) is 0 Å². The predicted molar refractivity (Wildman–Crippen MR) is 75.6 cm³/mol. The first-order valence-corrected chi connectivity index (χ1v) is 8.14. The van der Waals surface area contributed by atoms with Crippen LogP contribution in [-0.4, -0.2) is 41.9 Å². The van der Waals surface area contributed by atoms with E-state index >= 15 is 0 Å². The number of hydrogen-bond acceptors (Lipinski definition) is 4. The van der Waals surface area contributed by atoms with E-state index in [1.165, 1.54) is 5.19 Å². The molecule has 3 nitrogen and oxygen atoms in total. The summed E-state index contributed by atoms with van der Waals surface area (Å²) in [7, 11) is 1.83. The minimum Gasteiger partial charge on any atom is -0.410 e. The second-order valence-corrected chi connectivity index (χ2v) is 6.65. The third-order valence-corrected chi connectivity index (χ3v) is 5.80. The van der Waals surface area contributed by atoms with Crippen molar-refractivity contribution < 1.29 is 13.9 Å². The molecule has 1 rings (SSSR count). The minimum atomic E-state index is -1.41. The molecule has 0 amide bonds. The number of ether oxygens (including phenoxy) is 2. The maximum Gasteiger partial charge on any atom is 0.209 e. The van der Waals surface area contributed by atoms with Crippen molar-refractivity contribution in [3.63, 3.8) is 0 Å². The largest absolute Gasteiger partial charge is 0.410 e. The number of hydrogen-bond donors (Lipinski definition) is 1. The van der Waals surface area contributed by atoms with Gasteiger partial charge in [-0.25, -0.2) is 0 Å². The Morgan fingerprint density at radius 3 is 2.35 bits per heavy atom. The second kappa shape index (κ2) is 8.71. The Bertz CT molecular complexity index is 293. The molecule has 0 aliphatic carbocycles. The summed E-state index contributed by atoms with van der Waals surface area (Å²) in [4.78, 5) is 0. The van der Waals surface area contributed by atoms with E-state index in [-0.39, 0.29) is 6.29 Å². The van der Waals surface area contributed by atoms with Crippen LogP contribution in [-0.2, 0) is 13.9 Å². The van der Waals surface area contributed by atoms with Gasteiger partial charge in [-0.15, -0.1) is 0 Å². The molecule has 0 fully saturated rings. The highest BCUT2D eigenvalue weighted by Crippen LogP contribution is 2.02. The highest BCUT2D eigenvalue weighted by Gasteiger charge is 2.16. The van der Waals surface area contributed by atoms with Crippen molar-refractivity contribution in [2.24, 2.45) is 0 Å². The Labute approximate surface area is 110 Å². The van der Waals surface area contributed by atoms with Crippen molar-refractivity contribution in [3.05, 3.63) is 30.3 Å². The topological polar surface area (TPSA) is 27.7 Å². The van der Waals surface area contributed by atoms with Gasteiger partial charge in [0.25, 0.3) is 0 Å². The van der Waals surface area contributed by atoms with Crippen LogP contribution in [0.15, 0.2) is 30.3 Å².